The Morgan fingerprint density at radius 3 is 2.58 bits per heavy atom. The number of morpholine rings is 1. The summed E-state index contributed by atoms with van der Waals surface area (Å²) in [7, 11) is 0. The van der Waals surface area contributed by atoms with Gasteiger partial charge in [0.05, 0.1) is 17.9 Å². The van der Waals surface area contributed by atoms with E-state index in [2.05, 4.69) is 41.2 Å². The van der Waals surface area contributed by atoms with Crippen LogP contribution in [0.5, 0.6) is 0 Å². The van der Waals surface area contributed by atoms with Gasteiger partial charge in [0.15, 0.2) is 0 Å². The lowest BCUT2D eigenvalue weighted by molar-refractivity contribution is -0.0674. The summed E-state index contributed by atoms with van der Waals surface area (Å²) in [6, 6.07) is 0. The zero-order chi connectivity index (χ0) is 13.8. The molecule has 2 N–H and O–H groups in total. The maximum atomic E-state index is 5.74. The Labute approximate surface area is 115 Å². The summed E-state index contributed by atoms with van der Waals surface area (Å²) in [6.45, 7) is 13.5. The maximum Gasteiger partial charge on any atom is 0.0678 e. The molecular formula is C14H26N4O. The predicted molar refractivity (Wildman–Crippen MR) is 76.2 cm³/mol. The molecule has 1 aromatic heterocycles. The summed E-state index contributed by atoms with van der Waals surface area (Å²) >= 11 is 0. The van der Waals surface area contributed by atoms with Crippen LogP contribution in [0.4, 0.5) is 0 Å². The third-order valence-corrected chi connectivity index (χ3v) is 3.68. The highest BCUT2D eigenvalue weighted by Gasteiger charge is 2.21. The van der Waals surface area contributed by atoms with E-state index in [1.54, 1.807) is 0 Å². The smallest absolute Gasteiger partial charge is 0.0678 e. The van der Waals surface area contributed by atoms with Crippen LogP contribution in [0.1, 0.15) is 30.8 Å². The van der Waals surface area contributed by atoms with E-state index >= 15 is 0 Å². The predicted octanol–water partition coefficient (Wildman–Crippen LogP) is 1.23. The molecule has 0 aliphatic carbocycles. The Morgan fingerprint density at radius 2 is 2.00 bits per heavy atom. The van der Waals surface area contributed by atoms with Crippen LogP contribution in [0.15, 0.2) is 0 Å². The highest BCUT2D eigenvalue weighted by molar-refractivity contribution is 5.22. The van der Waals surface area contributed by atoms with E-state index in [0.29, 0.717) is 12.2 Å². The number of ether oxygens (including phenoxy) is 1. The molecule has 2 heterocycles. The number of hydrogen-bond acceptors (Lipinski definition) is 4. The minimum absolute atomic E-state index is 0.349. The first-order chi connectivity index (χ1) is 9.06. The van der Waals surface area contributed by atoms with E-state index in [4.69, 9.17) is 4.74 Å². The van der Waals surface area contributed by atoms with E-state index in [0.717, 1.165) is 38.4 Å². The summed E-state index contributed by atoms with van der Waals surface area (Å²) < 4.78 is 5.74. The van der Waals surface area contributed by atoms with E-state index in [9.17, 15) is 0 Å². The molecule has 2 rings (SSSR count). The molecule has 0 amide bonds. The van der Waals surface area contributed by atoms with Gasteiger partial charge < -0.3 is 10.1 Å². The van der Waals surface area contributed by atoms with Crippen molar-refractivity contribution in [3.8, 4) is 0 Å². The van der Waals surface area contributed by atoms with Crippen molar-refractivity contribution in [3.63, 3.8) is 0 Å². The quantitative estimate of drug-likeness (QED) is 0.787. The number of hydrogen-bond donors (Lipinski definition) is 2. The Bertz CT molecular complexity index is 375. The normalized spacial score (nSPS) is 24.8. The number of nitrogens with one attached hydrogen (secondary N) is 2. The zero-order valence-corrected chi connectivity index (χ0v) is 12.5. The van der Waals surface area contributed by atoms with Crippen LogP contribution in [0.3, 0.4) is 0 Å². The molecule has 0 aromatic carbocycles. The van der Waals surface area contributed by atoms with Gasteiger partial charge in [0.1, 0.15) is 0 Å². The molecule has 0 radical (unpaired) electrons. The molecule has 1 fully saturated rings. The van der Waals surface area contributed by atoms with Crippen molar-refractivity contribution >= 4 is 0 Å². The first-order valence-electron chi connectivity index (χ1n) is 7.15. The van der Waals surface area contributed by atoms with Crippen molar-refractivity contribution in [1.29, 1.82) is 0 Å². The highest BCUT2D eigenvalue weighted by atomic mass is 16.5. The van der Waals surface area contributed by atoms with Crippen molar-refractivity contribution in [1.82, 2.24) is 20.4 Å². The molecule has 108 valence electrons. The standard InChI is InChI=1S/C14H26N4O/c1-10-8-18(9-11(2)19-10)6-5-15-7-14-12(3)16-17-13(14)4/h10-11,15H,5-9H2,1-4H3,(H,16,17)/t10-,11-/m0/s1. The van der Waals surface area contributed by atoms with Crippen LogP contribution in [0.2, 0.25) is 0 Å². The molecular weight excluding hydrogens is 240 g/mol. The zero-order valence-electron chi connectivity index (χ0n) is 12.5. The number of aromatic amines is 1. The Kier molecular flexibility index (Phi) is 4.96. The first kappa shape index (κ1) is 14.5. The highest BCUT2D eigenvalue weighted by Crippen LogP contribution is 2.10. The summed E-state index contributed by atoms with van der Waals surface area (Å²) in [4.78, 5) is 2.47. The summed E-state index contributed by atoms with van der Waals surface area (Å²) in [5.74, 6) is 0. The van der Waals surface area contributed by atoms with Gasteiger partial charge in [-0.2, -0.15) is 5.10 Å². The molecule has 5 heteroatoms. The molecule has 2 atom stereocenters. The molecule has 1 aliphatic rings. The molecule has 1 aromatic rings. The second kappa shape index (κ2) is 6.50. The summed E-state index contributed by atoms with van der Waals surface area (Å²) in [6.07, 6.45) is 0.698. The van der Waals surface area contributed by atoms with E-state index in [-0.39, 0.29) is 0 Å². The second-order valence-corrected chi connectivity index (χ2v) is 5.61. The van der Waals surface area contributed by atoms with Gasteiger partial charge in [0.25, 0.3) is 0 Å². The van der Waals surface area contributed by atoms with Crippen LogP contribution in [-0.4, -0.2) is 53.5 Å². The van der Waals surface area contributed by atoms with Gasteiger partial charge in [0, 0.05) is 44.0 Å². The number of H-pyrrole nitrogens is 1. The number of rotatable bonds is 5. The lowest BCUT2D eigenvalue weighted by Crippen LogP contribution is -2.47. The van der Waals surface area contributed by atoms with Gasteiger partial charge in [-0.05, 0) is 27.7 Å². The number of aryl methyl sites for hydroxylation is 2. The van der Waals surface area contributed by atoms with Gasteiger partial charge >= 0.3 is 0 Å². The monoisotopic (exact) mass is 266 g/mol. The topological polar surface area (TPSA) is 53.2 Å². The molecule has 19 heavy (non-hydrogen) atoms. The molecule has 1 aliphatic heterocycles. The van der Waals surface area contributed by atoms with Crippen LogP contribution in [0.25, 0.3) is 0 Å². The number of aromatic nitrogens is 2. The first-order valence-corrected chi connectivity index (χ1v) is 7.15. The molecule has 0 saturated carbocycles. The van der Waals surface area contributed by atoms with Crippen LogP contribution in [0, 0.1) is 13.8 Å². The van der Waals surface area contributed by atoms with E-state index in [1.807, 2.05) is 6.92 Å². The minimum Gasteiger partial charge on any atom is -0.373 e. The largest absolute Gasteiger partial charge is 0.373 e. The van der Waals surface area contributed by atoms with Crippen molar-refractivity contribution in [2.75, 3.05) is 26.2 Å². The number of nitrogens with zero attached hydrogens (tertiary/aromatic N) is 2. The SMILES string of the molecule is Cc1n[nH]c(C)c1CNCCN1C[C@H](C)O[C@@H](C)C1. The van der Waals surface area contributed by atoms with Gasteiger partial charge in [-0.3, -0.25) is 10.00 Å². The Balaban J connectivity index is 1.69. The van der Waals surface area contributed by atoms with Gasteiger partial charge in [-0.25, -0.2) is 0 Å². The molecule has 0 spiro atoms. The fourth-order valence-electron chi connectivity index (χ4n) is 2.75. The van der Waals surface area contributed by atoms with Crippen molar-refractivity contribution in [3.05, 3.63) is 17.0 Å². The average molecular weight is 266 g/mol. The third-order valence-electron chi connectivity index (χ3n) is 3.68. The maximum absolute atomic E-state index is 5.74. The minimum atomic E-state index is 0.349. The third kappa shape index (κ3) is 4.03. The Morgan fingerprint density at radius 1 is 1.32 bits per heavy atom. The fourth-order valence-corrected chi connectivity index (χ4v) is 2.75. The fraction of sp³-hybridized carbons (Fsp3) is 0.786. The van der Waals surface area contributed by atoms with E-state index < -0.39 is 0 Å². The van der Waals surface area contributed by atoms with Crippen LogP contribution >= 0.6 is 0 Å². The van der Waals surface area contributed by atoms with Crippen molar-refractivity contribution < 1.29 is 4.74 Å². The average Bonchev–Trinajstić information content (AvgIpc) is 2.64. The van der Waals surface area contributed by atoms with Gasteiger partial charge in [-0.1, -0.05) is 0 Å². The van der Waals surface area contributed by atoms with Gasteiger partial charge in [0.2, 0.25) is 0 Å². The lowest BCUT2D eigenvalue weighted by atomic mass is 10.2. The Hall–Kier alpha value is -0.910. The van der Waals surface area contributed by atoms with Crippen molar-refractivity contribution in [2.45, 2.75) is 46.4 Å². The summed E-state index contributed by atoms with van der Waals surface area (Å²) in [5.41, 5.74) is 3.56. The van der Waals surface area contributed by atoms with Crippen molar-refractivity contribution in [2.24, 2.45) is 0 Å². The molecule has 0 bridgehead atoms. The van der Waals surface area contributed by atoms with Gasteiger partial charge in [-0.15, -0.1) is 0 Å². The van der Waals surface area contributed by atoms with E-state index in [1.165, 1.54) is 11.3 Å². The summed E-state index contributed by atoms with van der Waals surface area (Å²) in [5, 5.41) is 10.7. The van der Waals surface area contributed by atoms with Crippen LogP contribution < -0.4 is 5.32 Å². The molecule has 5 nitrogen and oxygen atoms in total. The molecule has 0 unspecified atom stereocenters. The lowest BCUT2D eigenvalue weighted by Gasteiger charge is -2.35. The molecule has 1 saturated heterocycles. The van der Waals surface area contributed by atoms with Crippen LogP contribution in [-0.2, 0) is 11.3 Å². The second-order valence-electron chi connectivity index (χ2n) is 5.61.